The van der Waals surface area contributed by atoms with Crippen LogP contribution in [0.2, 0.25) is 0 Å². The van der Waals surface area contributed by atoms with Crippen LogP contribution in [0.4, 0.5) is 24.5 Å². The first-order valence-electron chi connectivity index (χ1n) is 12.2. The third-order valence-electron chi connectivity index (χ3n) is 6.59. The van der Waals surface area contributed by atoms with E-state index in [9.17, 15) is 22.8 Å². The molecule has 1 aliphatic rings. The fourth-order valence-electron chi connectivity index (χ4n) is 4.38. The van der Waals surface area contributed by atoms with Gasteiger partial charge in [-0.1, -0.05) is 6.07 Å². The van der Waals surface area contributed by atoms with Crippen molar-refractivity contribution in [2.75, 3.05) is 36.5 Å². The highest BCUT2D eigenvalue weighted by molar-refractivity contribution is 6.05. The highest BCUT2D eigenvalue weighted by atomic mass is 19.4. The van der Waals surface area contributed by atoms with Gasteiger partial charge in [-0.05, 0) is 73.9 Å². The molecule has 3 N–H and O–H groups in total. The quantitative estimate of drug-likeness (QED) is 0.503. The number of hydrogen-bond donors (Lipinski definition) is 2. The second-order valence-corrected chi connectivity index (χ2v) is 10.1. The van der Waals surface area contributed by atoms with E-state index in [1.165, 1.54) is 10.6 Å². The maximum atomic E-state index is 13.5. The lowest BCUT2D eigenvalue weighted by Gasteiger charge is -2.29. The molecule has 1 aliphatic heterocycles. The van der Waals surface area contributed by atoms with Crippen molar-refractivity contribution in [3.63, 3.8) is 0 Å². The van der Waals surface area contributed by atoms with E-state index in [0.29, 0.717) is 37.7 Å². The zero-order chi connectivity index (χ0) is 27.8. The average Bonchev–Trinajstić information content (AvgIpc) is 2.86. The number of aryl methyl sites for hydroxylation is 2. The molecule has 10 heteroatoms. The number of rotatable bonds is 5. The molecule has 1 saturated heterocycles. The minimum Gasteiger partial charge on any atom is -0.378 e. The van der Waals surface area contributed by atoms with E-state index in [1.54, 1.807) is 39.2 Å². The third kappa shape index (κ3) is 5.92. The van der Waals surface area contributed by atoms with E-state index < -0.39 is 23.2 Å². The summed E-state index contributed by atoms with van der Waals surface area (Å²) in [6, 6.07) is 10.2. The van der Waals surface area contributed by atoms with E-state index in [0.717, 1.165) is 28.8 Å². The molecule has 3 aromatic rings. The van der Waals surface area contributed by atoms with Gasteiger partial charge in [-0.15, -0.1) is 0 Å². The molecular weight excluding hydrogens is 497 g/mol. The van der Waals surface area contributed by atoms with E-state index in [-0.39, 0.29) is 16.7 Å². The summed E-state index contributed by atoms with van der Waals surface area (Å²) in [6.07, 6.45) is -2.91. The molecule has 0 bridgehead atoms. The minimum atomic E-state index is -4.63. The number of benzene rings is 2. The second kappa shape index (κ2) is 10.3. The molecule has 0 saturated carbocycles. The largest absolute Gasteiger partial charge is 0.416 e. The van der Waals surface area contributed by atoms with Crippen LogP contribution in [0.1, 0.15) is 40.9 Å². The number of amides is 1. The van der Waals surface area contributed by atoms with Gasteiger partial charge < -0.3 is 25.3 Å². The average molecular weight is 529 g/mol. The summed E-state index contributed by atoms with van der Waals surface area (Å²) in [6.45, 7) is 7.34. The van der Waals surface area contributed by atoms with Crippen molar-refractivity contribution < 1.29 is 22.7 Å². The lowest BCUT2D eigenvalue weighted by atomic mass is 9.91. The number of pyridine rings is 1. The Kier molecular flexibility index (Phi) is 7.40. The Morgan fingerprint density at radius 3 is 2.32 bits per heavy atom. The molecule has 1 fully saturated rings. The Labute approximate surface area is 219 Å². The molecule has 4 rings (SSSR count). The number of hydrogen-bond acceptors (Lipinski definition) is 5. The van der Waals surface area contributed by atoms with Crippen LogP contribution in [-0.4, -0.2) is 36.8 Å². The molecule has 1 amide bonds. The van der Waals surface area contributed by atoms with E-state index in [1.807, 2.05) is 24.0 Å². The summed E-state index contributed by atoms with van der Waals surface area (Å²) >= 11 is 0. The molecule has 38 heavy (non-hydrogen) atoms. The number of ether oxygens (including phenoxy) is 1. The SMILES string of the molecule is Cc1ccc(NC(=O)c2cc(C(C)(C)N)cc(C(F)(F)F)c2)cc1-c1cc(N2CCOCC2)c(=O)n(C)c1. The monoisotopic (exact) mass is 528 g/mol. The van der Waals surface area contributed by atoms with Crippen LogP contribution < -0.4 is 21.5 Å². The van der Waals surface area contributed by atoms with E-state index >= 15 is 0 Å². The van der Waals surface area contributed by atoms with E-state index in [4.69, 9.17) is 10.5 Å². The van der Waals surface area contributed by atoms with Crippen LogP contribution in [0.25, 0.3) is 11.1 Å². The van der Waals surface area contributed by atoms with Crippen molar-refractivity contribution in [3.8, 4) is 11.1 Å². The number of carbonyl (C=O) groups is 1. The first kappa shape index (κ1) is 27.4. The van der Waals surface area contributed by atoms with Crippen LogP contribution in [-0.2, 0) is 23.5 Å². The predicted molar refractivity (Wildman–Crippen MR) is 141 cm³/mol. The fourth-order valence-corrected chi connectivity index (χ4v) is 4.38. The van der Waals surface area contributed by atoms with Gasteiger partial charge in [0.1, 0.15) is 5.69 Å². The van der Waals surface area contributed by atoms with Gasteiger partial charge in [-0.3, -0.25) is 9.59 Å². The molecule has 0 unspecified atom stereocenters. The van der Waals surface area contributed by atoms with Crippen molar-refractivity contribution in [3.05, 3.63) is 81.3 Å². The first-order chi connectivity index (χ1) is 17.7. The molecule has 202 valence electrons. The van der Waals surface area contributed by atoms with Crippen LogP contribution >= 0.6 is 0 Å². The van der Waals surface area contributed by atoms with Gasteiger partial charge in [-0.2, -0.15) is 13.2 Å². The van der Waals surface area contributed by atoms with Gasteiger partial charge in [-0.25, -0.2) is 0 Å². The number of nitrogens with two attached hydrogens (primary N) is 1. The Balaban J connectivity index is 1.69. The number of nitrogens with one attached hydrogen (secondary N) is 1. The van der Waals surface area contributed by atoms with Gasteiger partial charge in [0.15, 0.2) is 0 Å². The molecule has 0 atom stereocenters. The lowest BCUT2D eigenvalue weighted by molar-refractivity contribution is -0.137. The zero-order valence-electron chi connectivity index (χ0n) is 21.8. The number of aromatic nitrogens is 1. The number of anilines is 2. The number of halogens is 3. The van der Waals surface area contributed by atoms with Gasteiger partial charge >= 0.3 is 6.18 Å². The van der Waals surface area contributed by atoms with Crippen LogP contribution in [0.5, 0.6) is 0 Å². The summed E-state index contributed by atoms with van der Waals surface area (Å²) in [4.78, 5) is 27.9. The standard InChI is InChI=1S/C28H31F3N4O3/c1-17-5-6-22(33-25(36)18-11-20(27(2,3)32)14-21(12-18)28(29,30)31)15-23(17)19-13-24(26(37)34(4)16-19)35-7-9-38-10-8-35/h5-6,11-16H,7-10,32H2,1-4H3,(H,33,36). The van der Waals surface area contributed by atoms with Gasteiger partial charge in [0.2, 0.25) is 0 Å². The molecular formula is C28H31F3N4O3. The highest BCUT2D eigenvalue weighted by Crippen LogP contribution is 2.33. The first-order valence-corrected chi connectivity index (χ1v) is 12.2. The number of carbonyl (C=O) groups excluding carboxylic acids is 1. The maximum absolute atomic E-state index is 13.5. The Bertz CT molecular complexity index is 1390. The summed E-state index contributed by atoms with van der Waals surface area (Å²) < 4.78 is 47.5. The number of alkyl halides is 3. The topological polar surface area (TPSA) is 89.6 Å². The lowest BCUT2D eigenvalue weighted by Crippen LogP contribution is -2.40. The Morgan fingerprint density at radius 1 is 1.03 bits per heavy atom. The highest BCUT2D eigenvalue weighted by Gasteiger charge is 2.33. The van der Waals surface area contributed by atoms with E-state index in [2.05, 4.69) is 5.32 Å². The van der Waals surface area contributed by atoms with Crippen molar-refractivity contribution in [1.29, 1.82) is 0 Å². The van der Waals surface area contributed by atoms with Crippen LogP contribution in [0.3, 0.4) is 0 Å². The van der Waals surface area contributed by atoms with Crippen molar-refractivity contribution in [2.24, 2.45) is 12.8 Å². The van der Waals surface area contributed by atoms with Gasteiger partial charge in [0.25, 0.3) is 11.5 Å². The fraction of sp³-hybridized carbons (Fsp3) is 0.357. The molecule has 2 aromatic carbocycles. The molecule has 0 spiro atoms. The predicted octanol–water partition coefficient (Wildman–Crippen LogP) is 4.66. The van der Waals surface area contributed by atoms with Crippen molar-refractivity contribution >= 4 is 17.3 Å². The van der Waals surface area contributed by atoms with Crippen LogP contribution in [0, 0.1) is 6.92 Å². The second-order valence-electron chi connectivity index (χ2n) is 10.1. The summed E-state index contributed by atoms with van der Waals surface area (Å²) in [5, 5.41) is 2.71. The molecule has 7 nitrogen and oxygen atoms in total. The normalized spacial score (nSPS) is 14.5. The number of morpholine rings is 1. The van der Waals surface area contributed by atoms with Crippen LogP contribution in [0.15, 0.2) is 53.5 Å². The summed E-state index contributed by atoms with van der Waals surface area (Å²) in [7, 11) is 1.68. The van der Waals surface area contributed by atoms with Crippen molar-refractivity contribution in [1.82, 2.24) is 4.57 Å². The molecule has 0 aliphatic carbocycles. The Morgan fingerprint density at radius 2 is 1.68 bits per heavy atom. The third-order valence-corrected chi connectivity index (χ3v) is 6.59. The molecule has 1 aromatic heterocycles. The number of nitrogens with zero attached hydrogens (tertiary/aromatic N) is 2. The van der Waals surface area contributed by atoms with Gasteiger partial charge in [0.05, 0.1) is 18.8 Å². The van der Waals surface area contributed by atoms with Gasteiger partial charge in [0, 0.05) is 48.7 Å². The maximum Gasteiger partial charge on any atom is 0.416 e. The summed E-state index contributed by atoms with van der Waals surface area (Å²) in [5.74, 6) is -0.689. The zero-order valence-corrected chi connectivity index (χ0v) is 21.8. The molecule has 0 radical (unpaired) electrons. The smallest absolute Gasteiger partial charge is 0.378 e. The Hall–Kier alpha value is -3.63. The summed E-state index contributed by atoms with van der Waals surface area (Å²) in [5.41, 5.74) is 7.38. The minimum absolute atomic E-state index is 0.124. The molecule has 2 heterocycles. The van der Waals surface area contributed by atoms with Crippen molar-refractivity contribution in [2.45, 2.75) is 32.5 Å².